The molecule has 3 rings (SSSR count). The van der Waals surface area contributed by atoms with Gasteiger partial charge in [-0.3, -0.25) is 9.59 Å². The molecule has 0 aromatic carbocycles. The smallest absolute Gasteiger partial charge is 0.246 e. The molecule has 2 aliphatic heterocycles. The van der Waals surface area contributed by atoms with Crippen molar-refractivity contribution < 1.29 is 14.0 Å². The maximum Gasteiger partial charge on any atom is 0.246 e. The van der Waals surface area contributed by atoms with Crippen molar-refractivity contribution in [2.45, 2.75) is 38.3 Å². The minimum atomic E-state index is -0.257. The average Bonchev–Trinajstić information content (AvgIpc) is 2.96. The first kappa shape index (κ1) is 12.3. The molecule has 2 amide bonds. The Balaban J connectivity index is 1.83. The normalized spacial score (nSPS) is 25.4. The number of nitrogens with zero attached hydrogens (tertiary/aromatic N) is 2. The monoisotopic (exact) mass is 262 g/mol. The van der Waals surface area contributed by atoms with E-state index in [1.807, 2.05) is 13.0 Å². The molecule has 3 heterocycles. The van der Waals surface area contributed by atoms with Crippen LogP contribution in [0.25, 0.3) is 0 Å². The highest BCUT2D eigenvalue weighted by molar-refractivity contribution is 5.95. The first-order chi connectivity index (χ1) is 9.18. The number of furan rings is 1. The van der Waals surface area contributed by atoms with Crippen molar-refractivity contribution in [2.75, 3.05) is 13.1 Å². The van der Waals surface area contributed by atoms with E-state index in [0.717, 1.165) is 31.6 Å². The van der Waals surface area contributed by atoms with E-state index in [4.69, 9.17) is 4.42 Å². The van der Waals surface area contributed by atoms with E-state index >= 15 is 0 Å². The van der Waals surface area contributed by atoms with Crippen LogP contribution in [0.15, 0.2) is 22.8 Å². The summed E-state index contributed by atoms with van der Waals surface area (Å²) in [6, 6.07) is 3.20. The lowest BCUT2D eigenvalue weighted by Gasteiger charge is -2.44. The van der Waals surface area contributed by atoms with Gasteiger partial charge in [-0.2, -0.15) is 0 Å². The lowest BCUT2D eigenvalue weighted by atomic mass is 9.97. The fraction of sp³-hybridized carbons (Fsp3) is 0.571. The number of carbonyl (C=O) groups is 2. The topological polar surface area (TPSA) is 53.8 Å². The molecule has 1 aromatic rings. The molecule has 2 saturated heterocycles. The molecule has 2 aliphatic rings. The van der Waals surface area contributed by atoms with Crippen molar-refractivity contribution in [2.24, 2.45) is 0 Å². The standard InChI is InChI=1S/C14H18N2O3/c1-10(12-6-4-8-19-12)16-9-13(17)15-7-3-2-5-11(15)14(16)18/h4,6,8,10-11H,2-3,5,7,9H2,1H3. The summed E-state index contributed by atoms with van der Waals surface area (Å²) in [7, 11) is 0. The Bertz CT molecular complexity index is 483. The Hall–Kier alpha value is -1.78. The van der Waals surface area contributed by atoms with E-state index in [-0.39, 0.29) is 30.4 Å². The first-order valence-electron chi connectivity index (χ1n) is 6.82. The fourth-order valence-electron chi connectivity index (χ4n) is 3.00. The van der Waals surface area contributed by atoms with E-state index in [2.05, 4.69) is 0 Å². The van der Waals surface area contributed by atoms with Gasteiger partial charge < -0.3 is 14.2 Å². The molecule has 19 heavy (non-hydrogen) atoms. The van der Waals surface area contributed by atoms with E-state index in [9.17, 15) is 9.59 Å². The molecule has 0 N–H and O–H groups in total. The van der Waals surface area contributed by atoms with E-state index in [1.54, 1.807) is 22.1 Å². The summed E-state index contributed by atoms with van der Waals surface area (Å²) in [5.74, 6) is 0.844. The summed E-state index contributed by atoms with van der Waals surface area (Å²) in [4.78, 5) is 28.1. The van der Waals surface area contributed by atoms with Crippen molar-refractivity contribution in [1.29, 1.82) is 0 Å². The number of piperidine rings is 1. The van der Waals surface area contributed by atoms with Crippen molar-refractivity contribution >= 4 is 11.8 Å². The van der Waals surface area contributed by atoms with Gasteiger partial charge in [-0.05, 0) is 38.3 Å². The molecule has 0 bridgehead atoms. The number of carbonyl (C=O) groups excluding carboxylic acids is 2. The number of hydrogen-bond acceptors (Lipinski definition) is 3. The van der Waals surface area contributed by atoms with Crippen molar-refractivity contribution in [3.63, 3.8) is 0 Å². The van der Waals surface area contributed by atoms with Gasteiger partial charge >= 0.3 is 0 Å². The summed E-state index contributed by atoms with van der Waals surface area (Å²) in [6.07, 6.45) is 4.40. The van der Waals surface area contributed by atoms with Crippen LogP contribution in [0.4, 0.5) is 0 Å². The number of fused-ring (bicyclic) bond motifs is 1. The van der Waals surface area contributed by atoms with Gasteiger partial charge in [0.1, 0.15) is 18.3 Å². The van der Waals surface area contributed by atoms with Crippen molar-refractivity contribution in [3.8, 4) is 0 Å². The summed E-state index contributed by atoms with van der Waals surface area (Å²) < 4.78 is 5.35. The molecule has 102 valence electrons. The zero-order valence-corrected chi connectivity index (χ0v) is 11.0. The average molecular weight is 262 g/mol. The Kier molecular flexibility index (Phi) is 3.05. The van der Waals surface area contributed by atoms with Gasteiger partial charge in [0.05, 0.1) is 12.3 Å². The van der Waals surface area contributed by atoms with Crippen LogP contribution in [-0.4, -0.2) is 40.7 Å². The highest BCUT2D eigenvalue weighted by Crippen LogP contribution is 2.29. The highest BCUT2D eigenvalue weighted by atomic mass is 16.3. The number of hydrogen-bond donors (Lipinski definition) is 0. The lowest BCUT2D eigenvalue weighted by Crippen LogP contribution is -2.61. The van der Waals surface area contributed by atoms with Crippen LogP contribution in [0.3, 0.4) is 0 Å². The van der Waals surface area contributed by atoms with Gasteiger partial charge in [-0.15, -0.1) is 0 Å². The minimum absolute atomic E-state index is 0.0581. The summed E-state index contributed by atoms with van der Waals surface area (Å²) in [6.45, 7) is 2.79. The maximum absolute atomic E-state index is 12.5. The number of piperazine rings is 1. The van der Waals surface area contributed by atoms with Crippen LogP contribution in [-0.2, 0) is 9.59 Å². The van der Waals surface area contributed by atoms with Crippen LogP contribution in [0, 0.1) is 0 Å². The third-order valence-corrected chi connectivity index (χ3v) is 4.12. The SMILES string of the molecule is CC(c1ccco1)N1CC(=O)N2CCCCC2C1=O. The molecule has 5 heteroatoms. The molecule has 0 saturated carbocycles. The van der Waals surface area contributed by atoms with Gasteiger partial charge in [0.2, 0.25) is 11.8 Å². The minimum Gasteiger partial charge on any atom is -0.467 e. The van der Waals surface area contributed by atoms with Gasteiger partial charge in [-0.25, -0.2) is 0 Å². The fourth-order valence-corrected chi connectivity index (χ4v) is 3.00. The van der Waals surface area contributed by atoms with Gasteiger partial charge in [-0.1, -0.05) is 0 Å². The summed E-state index contributed by atoms with van der Waals surface area (Å²) >= 11 is 0. The highest BCUT2D eigenvalue weighted by Gasteiger charge is 2.42. The van der Waals surface area contributed by atoms with Gasteiger partial charge in [0, 0.05) is 6.54 Å². The van der Waals surface area contributed by atoms with Crippen molar-refractivity contribution in [3.05, 3.63) is 24.2 Å². The van der Waals surface area contributed by atoms with Crippen LogP contribution in [0.2, 0.25) is 0 Å². The predicted molar refractivity (Wildman–Crippen MR) is 68.2 cm³/mol. The third kappa shape index (κ3) is 2.03. The quantitative estimate of drug-likeness (QED) is 0.812. The molecule has 0 radical (unpaired) electrons. The molecule has 0 spiro atoms. The van der Waals surface area contributed by atoms with E-state index in [1.165, 1.54) is 0 Å². The van der Waals surface area contributed by atoms with Crippen LogP contribution in [0.5, 0.6) is 0 Å². The zero-order chi connectivity index (χ0) is 13.4. The molecule has 1 aromatic heterocycles. The van der Waals surface area contributed by atoms with Crippen molar-refractivity contribution in [1.82, 2.24) is 9.80 Å². The lowest BCUT2D eigenvalue weighted by molar-refractivity contribution is -0.160. The second-order valence-corrected chi connectivity index (χ2v) is 5.26. The predicted octanol–water partition coefficient (Wildman–Crippen LogP) is 1.56. The van der Waals surface area contributed by atoms with E-state index in [0.29, 0.717) is 0 Å². The summed E-state index contributed by atoms with van der Waals surface area (Å²) in [5, 5.41) is 0. The zero-order valence-electron chi connectivity index (χ0n) is 11.0. The second kappa shape index (κ2) is 4.72. The Morgan fingerprint density at radius 2 is 2.21 bits per heavy atom. The molecular weight excluding hydrogens is 244 g/mol. The third-order valence-electron chi connectivity index (χ3n) is 4.12. The molecular formula is C14H18N2O3. The molecule has 2 fully saturated rings. The Labute approximate surface area is 112 Å². The van der Waals surface area contributed by atoms with Crippen LogP contribution >= 0.6 is 0 Å². The largest absolute Gasteiger partial charge is 0.467 e. The van der Waals surface area contributed by atoms with Crippen LogP contribution in [0.1, 0.15) is 38.0 Å². The molecule has 2 atom stereocenters. The Morgan fingerprint density at radius 3 is 2.95 bits per heavy atom. The first-order valence-corrected chi connectivity index (χ1v) is 6.82. The molecule has 2 unspecified atom stereocenters. The Morgan fingerprint density at radius 1 is 1.37 bits per heavy atom. The molecule has 0 aliphatic carbocycles. The summed E-state index contributed by atoms with van der Waals surface area (Å²) in [5.41, 5.74) is 0. The van der Waals surface area contributed by atoms with Crippen LogP contribution < -0.4 is 0 Å². The maximum atomic E-state index is 12.5. The van der Waals surface area contributed by atoms with Gasteiger partial charge in [0.15, 0.2) is 0 Å². The van der Waals surface area contributed by atoms with E-state index < -0.39 is 0 Å². The molecule has 5 nitrogen and oxygen atoms in total. The number of rotatable bonds is 2. The number of amides is 2. The second-order valence-electron chi connectivity index (χ2n) is 5.26. The van der Waals surface area contributed by atoms with Gasteiger partial charge in [0.25, 0.3) is 0 Å².